The average molecular weight is 837 g/mol. The van der Waals surface area contributed by atoms with Gasteiger partial charge in [-0.1, -0.05) is 182 Å². The Hall–Kier alpha value is -9.22. The quantitative estimate of drug-likeness (QED) is 0.156. The molecule has 0 atom stereocenters. The molecular formula is C62H36N4. The second kappa shape index (κ2) is 15.8. The Morgan fingerprint density at radius 3 is 1.29 bits per heavy atom. The van der Waals surface area contributed by atoms with E-state index in [-0.39, 0.29) is 0 Å². The molecule has 0 saturated heterocycles. The monoisotopic (exact) mass is 836 g/mol. The van der Waals surface area contributed by atoms with E-state index in [1.165, 1.54) is 32.3 Å². The first-order valence-corrected chi connectivity index (χ1v) is 22.0. The highest BCUT2D eigenvalue weighted by molar-refractivity contribution is 6.19. The van der Waals surface area contributed by atoms with Gasteiger partial charge in [0.25, 0.3) is 0 Å². The summed E-state index contributed by atoms with van der Waals surface area (Å²) in [6.07, 6.45) is 0. The number of benzene rings is 11. The van der Waals surface area contributed by atoms with Crippen LogP contribution in [0.25, 0.3) is 121 Å². The minimum atomic E-state index is 0.590. The van der Waals surface area contributed by atoms with Gasteiger partial charge in [-0.3, -0.25) is 0 Å². The lowest BCUT2D eigenvalue weighted by atomic mass is 9.87. The van der Waals surface area contributed by atoms with E-state index < -0.39 is 0 Å². The first kappa shape index (κ1) is 38.5. The number of fused-ring (bicyclic) bond motifs is 7. The maximum absolute atomic E-state index is 9.99. The summed E-state index contributed by atoms with van der Waals surface area (Å²) in [7, 11) is 0. The molecule has 4 heteroatoms. The van der Waals surface area contributed by atoms with Crippen LogP contribution in [0.3, 0.4) is 0 Å². The Morgan fingerprint density at radius 2 is 0.727 bits per heavy atom. The molecule has 0 fully saturated rings. The summed E-state index contributed by atoms with van der Waals surface area (Å²) >= 11 is 0. The lowest BCUT2D eigenvalue weighted by molar-refractivity contribution is 1.23. The van der Waals surface area contributed by atoms with Gasteiger partial charge < -0.3 is 0 Å². The van der Waals surface area contributed by atoms with Gasteiger partial charge in [-0.25, -0.2) is 9.97 Å². The highest BCUT2D eigenvalue weighted by atomic mass is 14.9. The molecule has 1 heterocycles. The highest BCUT2D eigenvalue weighted by Gasteiger charge is 2.21. The molecule has 12 aromatic rings. The Morgan fingerprint density at radius 1 is 0.288 bits per heavy atom. The van der Waals surface area contributed by atoms with Gasteiger partial charge in [0.15, 0.2) is 5.82 Å². The van der Waals surface area contributed by atoms with Crippen LogP contribution in [0.1, 0.15) is 11.1 Å². The summed E-state index contributed by atoms with van der Waals surface area (Å²) in [4.78, 5) is 11.1. The largest absolute Gasteiger partial charge is 0.227 e. The van der Waals surface area contributed by atoms with Crippen molar-refractivity contribution in [1.29, 1.82) is 10.5 Å². The van der Waals surface area contributed by atoms with Gasteiger partial charge in [0.1, 0.15) is 0 Å². The number of hydrogen-bond donors (Lipinski definition) is 0. The fraction of sp³-hybridized carbons (Fsp3) is 0. The van der Waals surface area contributed by atoms with E-state index in [0.29, 0.717) is 17.0 Å². The molecule has 0 spiro atoms. The number of aromatic nitrogens is 2. The molecular weight excluding hydrogens is 801 g/mol. The maximum atomic E-state index is 9.99. The van der Waals surface area contributed by atoms with Gasteiger partial charge in [-0.15, -0.1) is 0 Å². The molecule has 4 nitrogen and oxygen atoms in total. The normalized spacial score (nSPS) is 11.3. The summed E-state index contributed by atoms with van der Waals surface area (Å²) in [6, 6.07) is 80.5. The smallest absolute Gasteiger partial charge is 0.160 e. The third kappa shape index (κ3) is 6.45. The Kier molecular flexibility index (Phi) is 9.23. The van der Waals surface area contributed by atoms with Crippen molar-refractivity contribution in [3.63, 3.8) is 0 Å². The molecule has 0 aliphatic rings. The Labute approximate surface area is 381 Å². The van der Waals surface area contributed by atoms with E-state index >= 15 is 0 Å². The van der Waals surface area contributed by atoms with Crippen molar-refractivity contribution in [2.24, 2.45) is 0 Å². The third-order valence-corrected chi connectivity index (χ3v) is 13.0. The van der Waals surface area contributed by atoms with Crippen LogP contribution >= 0.6 is 0 Å². The highest BCUT2D eigenvalue weighted by Crippen LogP contribution is 2.45. The van der Waals surface area contributed by atoms with Crippen LogP contribution in [-0.4, -0.2) is 9.97 Å². The zero-order chi connectivity index (χ0) is 44.1. The van der Waals surface area contributed by atoms with Crippen LogP contribution in [0.4, 0.5) is 0 Å². The third-order valence-electron chi connectivity index (χ3n) is 13.0. The molecule has 1 aromatic heterocycles. The van der Waals surface area contributed by atoms with Crippen molar-refractivity contribution in [2.45, 2.75) is 0 Å². The summed E-state index contributed by atoms with van der Waals surface area (Å²) in [5.74, 6) is 0.590. The van der Waals surface area contributed by atoms with E-state index in [0.717, 1.165) is 83.0 Å². The number of nitriles is 2. The molecule has 0 N–H and O–H groups in total. The summed E-state index contributed by atoms with van der Waals surface area (Å²) < 4.78 is 0. The lowest BCUT2D eigenvalue weighted by Gasteiger charge is -2.18. The topological polar surface area (TPSA) is 73.4 Å². The van der Waals surface area contributed by atoms with Crippen LogP contribution in [-0.2, 0) is 0 Å². The van der Waals surface area contributed by atoms with E-state index in [9.17, 15) is 10.5 Å². The number of nitrogens with zero attached hydrogens (tertiary/aromatic N) is 4. The van der Waals surface area contributed by atoms with Crippen molar-refractivity contribution in [3.05, 3.63) is 230 Å². The Bertz CT molecular complexity index is 4000. The summed E-state index contributed by atoms with van der Waals surface area (Å²) in [5, 5.41) is 30.2. The van der Waals surface area contributed by atoms with Gasteiger partial charge in [-0.2, -0.15) is 10.5 Å². The van der Waals surface area contributed by atoms with Crippen molar-refractivity contribution in [2.75, 3.05) is 0 Å². The number of rotatable bonds is 6. The first-order chi connectivity index (χ1) is 32.6. The lowest BCUT2D eigenvalue weighted by Crippen LogP contribution is -1.99. The molecule has 0 unspecified atom stereocenters. The molecule has 0 amide bonds. The van der Waals surface area contributed by atoms with Gasteiger partial charge in [0, 0.05) is 22.1 Å². The number of hydrogen-bond acceptors (Lipinski definition) is 4. The van der Waals surface area contributed by atoms with Crippen LogP contribution in [0.15, 0.2) is 218 Å². The predicted molar refractivity (Wildman–Crippen MR) is 272 cm³/mol. The molecule has 0 aliphatic heterocycles. The molecule has 304 valence electrons. The zero-order valence-corrected chi connectivity index (χ0v) is 35.6. The SMILES string of the molecule is N#Cc1ccccc1-c1ccc(-c2nc(-c3ccc(-c4ccccc4C#N)cc3)c3cc(-c4cc5ccccc5c5ccccc45)cc(-c4cc5ccccc5c5ccccc45)c3n2)cc1. The molecule has 0 aliphatic carbocycles. The molecule has 12 rings (SSSR count). The van der Waals surface area contributed by atoms with Crippen LogP contribution in [0.5, 0.6) is 0 Å². The molecule has 0 saturated carbocycles. The fourth-order valence-corrected chi connectivity index (χ4v) is 9.78. The van der Waals surface area contributed by atoms with E-state index in [4.69, 9.17) is 9.97 Å². The maximum Gasteiger partial charge on any atom is 0.160 e. The Balaban J connectivity index is 1.18. The molecule has 0 radical (unpaired) electrons. The summed E-state index contributed by atoms with van der Waals surface area (Å²) in [6.45, 7) is 0. The molecule has 11 aromatic carbocycles. The van der Waals surface area contributed by atoms with Crippen molar-refractivity contribution >= 4 is 54.0 Å². The van der Waals surface area contributed by atoms with Crippen molar-refractivity contribution < 1.29 is 0 Å². The average Bonchev–Trinajstić information content (AvgIpc) is 3.40. The first-order valence-electron chi connectivity index (χ1n) is 22.0. The second-order valence-corrected chi connectivity index (χ2v) is 16.7. The van der Waals surface area contributed by atoms with Gasteiger partial charge in [-0.05, 0) is 118 Å². The minimum Gasteiger partial charge on any atom is -0.227 e. The molecule has 0 bridgehead atoms. The van der Waals surface area contributed by atoms with Crippen LogP contribution < -0.4 is 0 Å². The second-order valence-electron chi connectivity index (χ2n) is 16.7. The van der Waals surface area contributed by atoms with Gasteiger partial charge in [0.2, 0.25) is 0 Å². The predicted octanol–water partition coefficient (Wildman–Crippen LogP) is 16.0. The van der Waals surface area contributed by atoms with Crippen molar-refractivity contribution in [3.8, 4) is 79.3 Å². The van der Waals surface area contributed by atoms with E-state index in [1.807, 2.05) is 60.7 Å². The zero-order valence-electron chi connectivity index (χ0n) is 35.6. The summed E-state index contributed by atoms with van der Waals surface area (Å²) in [5.41, 5.74) is 12.6. The van der Waals surface area contributed by atoms with Gasteiger partial charge >= 0.3 is 0 Å². The fourth-order valence-electron chi connectivity index (χ4n) is 9.78. The van der Waals surface area contributed by atoms with Crippen LogP contribution in [0, 0.1) is 22.7 Å². The van der Waals surface area contributed by atoms with Crippen molar-refractivity contribution in [1.82, 2.24) is 9.97 Å². The molecule has 66 heavy (non-hydrogen) atoms. The van der Waals surface area contributed by atoms with E-state index in [2.05, 4.69) is 170 Å². The minimum absolute atomic E-state index is 0.590. The van der Waals surface area contributed by atoms with Crippen LogP contribution in [0.2, 0.25) is 0 Å². The van der Waals surface area contributed by atoms with Gasteiger partial charge in [0.05, 0.1) is 34.5 Å². The van der Waals surface area contributed by atoms with E-state index in [1.54, 1.807) is 0 Å². The standard InChI is InChI=1S/C62H36N4/c63-37-45-15-3-5-17-48(45)39-25-29-41(30-26-39)60-59-36-47(56-33-43-13-1-7-19-50(43)52-21-9-11-23-54(52)56)35-58(57-34-44-14-2-8-20-51(44)53-22-10-12-24-55(53)57)61(59)66-62(65-60)42-31-27-40(28-32-42)49-18-6-4-16-46(49)38-64/h1-36H.